The van der Waals surface area contributed by atoms with Crippen LogP contribution in [0.4, 0.5) is 16.0 Å². The summed E-state index contributed by atoms with van der Waals surface area (Å²) in [5, 5.41) is 26.8. The molecule has 1 aromatic carbocycles. The number of aryl methyl sites for hydroxylation is 1. The number of benzene rings is 1. The molecule has 0 fully saturated rings. The van der Waals surface area contributed by atoms with E-state index in [1.54, 1.807) is 51.8 Å². The molecule has 0 saturated carbocycles. The van der Waals surface area contributed by atoms with Gasteiger partial charge >= 0.3 is 5.97 Å². The summed E-state index contributed by atoms with van der Waals surface area (Å²) >= 11 is 0. The number of aliphatic hydroxyl groups excluding tert-OH is 1. The fourth-order valence-electron chi connectivity index (χ4n) is 4.80. The molecule has 1 atom stereocenters. The number of carbonyl (C=O) groups is 2. The van der Waals surface area contributed by atoms with Crippen LogP contribution in [0.1, 0.15) is 32.0 Å². The van der Waals surface area contributed by atoms with E-state index in [0.29, 0.717) is 46.1 Å². The Morgan fingerprint density at radius 3 is 2.74 bits per heavy atom. The van der Waals surface area contributed by atoms with E-state index in [2.05, 4.69) is 15.4 Å². The number of amides is 1. The zero-order chi connectivity index (χ0) is 27.7. The van der Waals surface area contributed by atoms with Gasteiger partial charge in [-0.25, -0.2) is 14.2 Å². The second kappa shape index (κ2) is 10.7. The van der Waals surface area contributed by atoms with Crippen molar-refractivity contribution >= 4 is 23.5 Å². The van der Waals surface area contributed by atoms with Crippen molar-refractivity contribution in [3.05, 3.63) is 83.2 Å². The molecule has 0 aliphatic carbocycles. The van der Waals surface area contributed by atoms with Crippen molar-refractivity contribution in [2.45, 2.75) is 25.7 Å². The van der Waals surface area contributed by atoms with Crippen LogP contribution >= 0.6 is 0 Å². The number of aliphatic hydroxyl groups is 1. The second-order valence-corrected chi connectivity index (χ2v) is 9.27. The van der Waals surface area contributed by atoms with Gasteiger partial charge in [0.2, 0.25) is 0 Å². The fraction of sp³-hybridized carbons (Fsp3) is 0.259. The summed E-state index contributed by atoms with van der Waals surface area (Å²) in [5.74, 6) is -0.852. The molecule has 39 heavy (non-hydrogen) atoms. The Morgan fingerprint density at radius 1 is 1.23 bits per heavy atom. The third kappa shape index (κ3) is 5.11. The first-order valence-electron chi connectivity index (χ1n) is 12.2. The summed E-state index contributed by atoms with van der Waals surface area (Å²) in [7, 11) is 3.30. The zero-order valence-electron chi connectivity index (χ0n) is 21.3. The number of carboxylic acid groups (broad SMARTS) is 1. The lowest BCUT2D eigenvalue weighted by Crippen LogP contribution is -2.49. The van der Waals surface area contributed by atoms with E-state index in [1.165, 1.54) is 31.5 Å². The van der Waals surface area contributed by atoms with Crippen molar-refractivity contribution in [2.75, 3.05) is 19.0 Å². The van der Waals surface area contributed by atoms with Crippen LogP contribution in [0, 0.1) is 5.82 Å². The van der Waals surface area contributed by atoms with Crippen molar-refractivity contribution < 1.29 is 28.9 Å². The molecule has 4 heterocycles. The number of pyridine rings is 1. The van der Waals surface area contributed by atoms with Crippen LogP contribution in [0.5, 0.6) is 0 Å². The van der Waals surface area contributed by atoms with Gasteiger partial charge in [0.1, 0.15) is 23.1 Å². The number of carboxylic acids is 1. The highest BCUT2D eigenvalue weighted by Gasteiger charge is 2.34. The number of anilines is 2. The van der Waals surface area contributed by atoms with Crippen LogP contribution in [0.2, 0.25) is 0 Å². The molecular weight excluding hydrogens is 507 g/mol. The fourth-order valence-corrected chi connectivity index (χ4v) is 4.80. The Balaban J connectivity index is 1.52. The summed E-state index contributed by atoms with van der Waals surface area (Å²) < 4.78 is 22.8. The number of aromatic nitrogens is 4. The van der Waals surface area contributed by atoms with E-state index in [0.717, 1.165) is 0 Å². The van der Waals surface area contributed by atoms with Crippen LogP contribution in [0.15, 0.2) is 55.0 Å². The molecule has 3 aromatic heterocycles. The molecule has 5 rings (SSSR count). The number of ether oxygens (including phenoxy) is 1. The number of halogens is 1. The van der Waals surface area contributed by atoms with Gasteiger partial charge in [0.05, 0.1) is 31.0 Å². The van der Waals surface area contributed by atoms with Gasteiger partial charge in [-0.2, -0.15) is 5.10 Å². The van der Waals surface area contributed by atoms with Gasteiger partial charge in [-0.3, -0.25) is 9.48 Å². The molecule has 0 saturated heterocycles. The number of rotatable bonds is 9. The first-order valence-corrected chi connectivity index (χ1v) is 12.2. The van der Waals surface area contributed by atoms with Crippen LogP contribution in [-0.4, -0.2) is 66.1 Å². The molecule has 1 aliphatic rings. The summed E-state index contributed by atoms with van der Waals surface area (Å²) in [5.41, 5.74) is 2.29. The molecule has 11 nitrogen and oxygen atoms in total. The molecule has 12 heteroatoms. The largest absolute Gasteiger partial charge is 0.478 e. The minimum atomic E-state index is -1.15. The molecule has 202 valence electrons. The normalized spacial score (nSPS) is 14.9. The average Bonchev–Trinajstić information content (AvgIpc) is 3.52. The number of nitrogens with zero attached hydrogens (tertiary/aromatic N) is 5. The van der Waals surface area contributed by atoms with Crippen molar-refractivity contribution in [2.24, 2.45) is 7.05 Å². The van der Waals surface area contributed by atoms with Crippen LogP contribution in [0.3, 0.4) is 0 Å². The maximum atomic E-state index is 14.0. The molecule has 3 N–H and O–H groups in total. The van der Waals surface area contributed by atoms with Gasteiger partial charge in [0.15, 0.2) is 0 Å². The van der Waals surface area contributed by atoms with E-state index in [1.807, 2.05) is 0 Å². The summed E-state index contributed by atoms with van der Waals surface area (Å²) in [6, 6.07) is 8.73. The van der Waals surface area contributed by atoms with Gasteiger partial charge in [0, 0.05) is 56.8 Å². The highest BCUT2D eigenvalue weighted by atomic mass is 19.1. The Bertz CT molecular complexity index is 1550. The van der Waals surface area contributed by atoms with Crippen molar-refractivity contribution in [1.82, 2.24) is 24.2 Å². The quantitative estimate of drug-likeness (QED) is 0.298. The molecular formula is C27H27FN6O5. The van der Waals surface area contributed by atoms with E-state index < -0.39 is 11.8 Å². The first kappa shape index (κ1) is 26.1. The summed E-state index contributed by atoms with van der Waals surface area (Å²) in [6.07, 6.45) is 4.64. The number of carbonyl (C=O) groups excluding carboxylic acids is 1. The lowest BCUT2D eigenvalue weighted by atomic mass is 10.0. The van der Waals surface area contributed by atoms with E-state index >= 15 is 0 Å². The molecule has 0 bridgehead atoms. The smallest absolute Gasteiger partial charge is 0.337 e. The number of nitrogens with one attached hydrogen (secondary N) is 1. The van der Waals surface area contributed by atoms with E-state index in [-0.39, 0.29) is 37.3 Å². The minimum Gasteiger partial charge on any atom is -0.478 e. The molecule has 1 amide bonds. The van der Waals surface area contributed by atoms with E-state index in [4.69, 9.17) is 4.74 Å². The van der Waals surface area contributed by atoms with E-state index in [9.17, 15) is 24.2 Å². The van der Waals surface area contributed by atoms with Crippen molar-refractivity contribution in [3.63, 3.8) is 0 Å². The molecule has 0 unspecified atom stereocenters. The minimum absolute atomic E-state index is 0.0152. The highest BCUT2D eigenvalue weighted by Crippen LogP contribution is 2.32. The Hall–Kier alpha value is -4.55. The SMILES string of the molecule is COC[C@H]1Cn2cc(-c3cc(Nc4ccnn4C)ncc3C(=O)O)cc2C(=O)N1Cc1cc(F)ccc1CO. The average molecular weight is 535 g/mol. The molecule has 0 spiro atoms. The van der Waals surface area contributed by atoms with Gasteiger partial charge < -0.3 is 29.7 Å². The Morgan fingerprint density at radius 2 is 2.05 bits per heavy atom. The van der Waals surface area contributed by atoms with Gasteiger partial charge in [-0.1, -0.05) is 6.07 Å². The van der Waals surface area contributed by atoms with Crippen LogP contribution < -0.4 is 5.32 Å². The van der Waals surface area contributed by atoms with Crippen molar-refractivity contribution in [1.29, 1.82) is 0 Å². The van der Waals surface area contributed by atoms with Crippen LogP contribution in [0.25, 0.3) is 11.1 Å². The number of aromatic carboxylic acids is 1. The third-order valence-corrected chi connectivity index (χ3v) is 6.79. The molecule has 4 aromatic rings. The van der Waals surface area contributed by atoms with Crippen LogP contribution in [-0.2, 0) is 31.5 Å². The van der Waals surface area contributed by atoms with Gasteiger partial charge in [-0.15, -0.1) is 0 Å². The maximum Gasteiger partial charge on any atom is 0.337 e. The predicted octanol–water partition coefficient (Wildman–Crippen LogP) is 3.03. The number of fused-ring (bicyclic) bond motifs is 1. The van der Waals surface area contributed by atoms with Crippen molar-refractivity contribution in [3.8, 4) is 11.1 Å². The lowest BCUT2D eigenvalue weighted by Gasteiger charge is -2.36. The first-order chi connectivity index (χ1) is 18.8. The predicted molar refractivity (Wildman–Crippen MR) is 139 cm³/mol. The maximum absolute atomic E-state index is 14.0. The van der Waals surface area contributed by atoms with Gasteiger partial charge in [-0.05, 0) is 35.4 Å². The topological polar surface area (TPSA) is 135 Å². The number of hydrogen-bond donors (Lipinski definition) is 3. The summed E-state index contributed by atoms with van der Waals surface area (Å²) in [6.45, 7) is 0.404. The lowest BCUT2D eigenvalue weighted by molar-refractivity contribution is 0.0386. The second-order valence-electron chi connectivity index (χ2n) is 9.27. The standard InChI is InChI=1S/C27H27FN6O5/c1-32-25(5-6-30-32)31-24-9-21(22(10-29-24)27(37)38)18-8-23-26(36)34(20(15-39-2)13-33(23)11-18)12-17-7-19(28)4-3-16(17)14-35/h3-11,20,35H,12-15H2,1-2H3,(H,29,31)(H,37,38)/t20-/m1/s1. The number of hydrogen-bond acceptors (Lipinski definition) is 7. The zero-order valence-corrected chi connectivity index (χ0v) is 21.3. The Kier molecular flexibility index (Phi) is 7.13. The molecule has 0 radical (unpaired) electrons. The number of methoxy groups -OCH3 is 1. The third-order valence-electron chi connectivity index (χ3n) is 6.79. The summed E-state index contributed by atoms with van der Waals surface area (Å²) in [4.78, 5) is 31.6. The highest BCUT2D eigenvalue weighted by molar-refractivity contribution is 5.99. The Labute approximate surface area is 223 Å². The van der Waals surface area contributed by atoms with Gasteiger partial charge in [0.25, 0.3) is 5.91 Å². The monoisotopic (exact) mass is 534 g/mol. The molecule has 1 aliphatic heterocycles.